The molecule has 1 saturated heterocycles. The Labute approximate surface area is 159 Å². The van der Waals surface area contributed by atoms with Gasteiger partial charge in [0.1, 0.15) is 0 Å². The first kappa shape index (κ1) is 18.8. The topological polar surface area (TPSA) is 69.3 Å². The molecule has 1 aliphatic heterocycles. The molecule has 0 radical (unpaired) electrons. The van der Waals surface area contributed by atoms with Crippen LogP contribution in [0.25, 0.3) is 0 Å². The molecule has 3 N–H and O–H groups in total. The van der Waals surface area contributed by atoms with Crippen LogP contribution in [0.3, 0.4) is 0 Å². The second-order valence-corrected chi connectivity index (χ2v) is 7.62. The summed E-state index contributed by atoms with van der Waals surface area (Å²) in [4.78, 5) is 17.8. The van der Waals surface area contributed by atoms with Crippen LogP contribution >= 0.6 is 11.3 Å². The van der Waals surface area contributed by atoms with E-state index in [9.17, 15) is 4.79 Å². The van der Waals surface area contributed by atoms with Crippen molar-refractivity contribution >= 4 is 22.5 Å². The van der Waals surface area contributed by atoms with Crippen molar-refractivity contribution in [1.29, 1.82) is 0 Å². The lowest BCUT2D eigenvalue weighted by molar-refractivity contribution is 0.221. The first-order chi connectivity index (χ1) is 12.7. The molecule has 140 valence electrons. The van der Waals surface area contributed by atoms with E-state index in [2.05, 4.69) is 51.5 Å². The predicted molar refractivity (Wildman–Crippen MR) is 106 cm³/mol. The van der Waals surface area contributed by atoms with Crippen molar-refractivity contribution in [3.63, 3.8) is 0 Å². The normalized spacial score (nSPS) is 19.4. The highest BCUT2D eigenvalue weighted by atomic mass is 32.1. The molecule has 6 nitrogen and oxygen atoms in total. The second kappa shape index (κ2) is 9.66. The van der Waals surface area contributed by atoms with E-state index in [0.717, 1.165) is 32.2 Å². The fraction of sp³-hybridized carbons (Fsp3) is 0.474. The summed E-state index contributed by atoms with van der Waals surface area (Å²) in [6.07, 6.45) is 7.29. The van der Waals surface area contributed by atoms with Crippen molar-refractivity contribution < 1.29 is 4.79 Å². The van der Waals surface area contributed by atoms with E-state index in [-0.39, 0.29) is 6.03 Å². The Morgan fingerprint density at radius 1 is 1.27 bits per heavy atom. The van der Waals surface area contributed by atoms with Gasteiger partial charge in [-0.3, -0.25) is 16.2 Å². The largest absolute Gasteiger partial charge is 0.328 e. The molecule has 1 fully saturated rings. The van der Waals surface area contributed by atoms with Gasteiger partial charge >= 0.3 is 6.03 Å². The quantitative estimate of drug-likeness (QED) is 0.616. The van der Waals surface area contributed by atoms with Gasteiger partial charge in [-0.2, -0.15) is 0 Å². The lowest BCUT2D eigenvalue weighted by atomic mass is 9.99. The number of nitrogens with one attached hydrogen (secondary N) is 3. The second-order valence-electron chi connectivity index (χ2n) is 6.72. The van der Waals surface area contributed by atoms with Gasteiger partial charge in [-0.05, 0) is 24.8 Å². The van der Waals surface area contributed by atoms with Crippen LogP contribution in [0.2, 0.25) is 0 Å². The molecule has 3 rings (SSSR count). The fourth-order valence-electron chi connectivity index (χ4n) is 3.21. The van der Waals surface area contributed by atoms with E-state index in [1.807, 2.05) is 12.4 Å². The van der Waals surface area contributed by atoms with E-state index in [1.54, 1.807) is 11.1 Å². The molecule has 0 saturated carbocycles. The summed E-state index contributed by atoms with van der Waals surface area (Å²) < 4.78 is 0. The van der Waals surface area contributed by atoms with Crippen LogP contribution in [-0.2, 0) is 0 Å². The van der Waals surface area contributed by atoms with E-state index in [4.69, 9.17) is 0 Å². The molecule has 2 atom stereocenters. The lowest BCUT2D eigenvalue weighted by Gasteiger charge is -2.17. The third-order valence-corrected chi connectivity index (χ3v) is 5.41. The van der Waals surface area contributed by atoms with Crippen LogP contribution in [-0.4, -0.2) is 35.5 Å². The molecule has 1 aliphatic rings. The molecule has 1 aromatic carbocycles. The average molecular weight is 374 g/mol. The third-order valence-electron chi connectivity index (χ3n) is 4.72. The first-order valence-corrected chi connectivity index (χ1v) is 10.1. The number of urea groups is 1. The predicted octanol–water partition coefficient (Wildman–Crippen LogP) is 3.78. The zero-order valence-corrected chi connectivity index (χ0v) is 16.0. The molecule has 2 amide bonds. The molecular formula is C19H27N5OS. The minimum atomic E-state index is -0.0905. The van der Waals surface area contributed by atoms with Gasteiger partial charge in [-0.15, -0.1) is 11.3 Å². The molecular weight excluding hydrogens is 346 g/mol. The number of anilines is 1. The Morgan fingerprint density at radius 2 is 2.12 bits per heavy atom. The number of hydrogen-bond donors (Lipinski definition) is 3. The maximum absolute atomic E-state index is 12.0. The van der Waals surface area contributed by atoms with E-state index in [1.165, 1.54) is 23.3 Å². The van der Waals surface area contributed by atoms with Crippen LogP contribution in [0.5, 0.6) is 0 Å². The number of hydrogen-bond acceptors (Lipinski definition) is 5. The summed E-state index contributed by atoms with van der Waals surface area (Å²) in [6.45, 7) is 0.764. The summed E-state index contributed by atoms with van der Waals surface area (Å²) >= 11 is 1.43. The molecule has 0 bridgehead atoms. The maximum Gasteiger partial charge on any atom is 0.323 e. The number of thiazole rings is 1. The number of rotatable bonds is 8. The minimum absolute atomic E-state index is 0.0905. The van der Waals surface area contributed by atoms with Gasteiger partial charge in [0.15, 0.2) is 5.13 Å². The van der Waals surface area contributed by atoms with Crippen molar-refractivity contribution in [1.82, 2.24) is 20.7 Å². The first-order valence-electron chi connectivity index (χ1n) is 9.20. The van der Waals surface area contributed by atoms with Gasteiger partial charge in [0.2, 0.25) is 0 Å². The lowest BCUT2D eigenvalue weighted by Crippen LogP contribution is -2.32. The molecule has 2 unspecified atom stereocenters. The zero-order chi connectivity index (χ0) is 18.2. The SMILES string of the molecule is CN(CCCCCC1CC(c2ccccc2)NN1)C(=O)Nc1nccs1. The Hall–Kier alpha value is -1.96. The van der Waals surface area contributed by atoms with Crippen molar-refractivity contribution in [3.05, 3.63) is 47.5 Å². The molecule has 1 aromatic heterocycles. The molecule has 0 aliphatic carbocycles. The van der Waals surface area contributed by atoms with Gasteiger partial charge in [-0.1, -0.05) is 43.2 Å². The highest BCUT2D eigenvalue weighted by Gasteiger charge is 2.24. The number of hydrazine groups is 1. The summed E-state index contributed by atoms with van der Waals surface area (Å²) in [7, 11) is 1.83. The number of unbranched alkanes of at least 4 members (excludes halogenated alkanes) is 2. The molecule has 0 spiro atoms. The Kier molecular flexibility index (Phi) is 6.99. The summed E-state index contributed by atoms with van der Waals surface area (Å²) in [6, 6.07) is 11.4. The Balaban J connectivity index is 1.27. The third kappa shape index (κ3) is 5.52. The van der Waals surface area contributed by atoms with Crippen molar-refractivity contribution in [2.24, 2.45) is 0 Å². The van der Waals surface area contributed by atoms with Crippen molar-refractivity contribution in [3.8, 4) is 0 Å². The van der Waals surface area contributed by atoms with Gasteiger partial charge in [-0.25, -0.2) is 9.78 Å². The van der Waals surface area contributed by atoms with Crippen LogP contribution in [0, 0.1) is 0 Å². The summed E-state index contributed by atoms with van der Waals surface area (Å²) in [5, 5.41) is 5.30. The van der Waals surface area contributed by atoms with Crippen molar-refractivity contribution in [2.75, 3.05) is 18.9 Å². The zero-order valence-electron chi connectivity index (χ0n) is 15.1. The van der Waals surface area contributed by atoms with Gasteiger partial charge in [0.05, 0.1) is 0 Å². The molecule has 7 heteroatoms. The van der Waals surface area contributed by atoms with Crippen LogP contribution in [0.15, 0.2) is 41.9 Å². The standard InChI is InChI=1S/C19H27N5OS/c1-24(19(25)21-18-20-11-13-26-18)12-7-3-6-10-16-14-17(23-22-16)15-8-4-2-5-9-15/h2,4-5,8-9,11,13,16-17,22-23H,3,6-7,10,12,14H2,1H3,(H,20,21,25). The smallest absolute Gasteiger partial charge is 0.323 e. The van der Waals surface area contributed by atoms with Crippen LogP contribution < -0.4 is 16.2 Å². The van der Waals surface area contributed by atoms with E-state index < -0.39 is 0 Å². The summed E-state index contributed by atoms with van der Waals surface area (Å²) in [5.41, 5.74) is 8.16. The fourth-order valence-corrected chi connectivity index (χ4v) is 3.72. The van der Waals surface area contributed by atoms with Crippen molar-refractivity contribution in [2.45, 2.75) is 44.2 Å². The summed E-state index contributed by atoms with van der Waals surface area (Å²) in [5.74, 6) is 0. The number of carbonyl (C=O) groups is 1. The molecule has 2 aromatic rings. The van der Waals surface area contributed by atoms with Gasteiger partial charge in [0.25, 0.3) is 0 Å². The van der Waals surface area contributed by atoms with E-state index >= 15 is 0 Å². The number of nitrogens with zero attached hydrogens (tertiary/aromatic N) is 2. The average Bonchev–Trinajstić information content (AvgIpc) is 3.34. The maximum atomic E-state index is 12.0. The number of amides is 2. The molecule has 26 heavy (non-hydrogen) atoms. The van der Waals surface area contributed by atoms with Crippen LogP contribution in [0.4, 0.5) is 9.93 Å². The highest BCUT2D eigenvalue weighted by Crippen LogP contribution is 2.24. The number of carbonyl (C=O) groups excluding carboxylic acids is 1. The monoisotopic (exact) mass is 373 g/mol. The van der Waals surface area contributed by atoms with Gasteiger partial charge in [0, 0.05) is 37.3 Å². The highest BCUT2D eigenvalue weighted by molar-refractivity contribution is 7.13. The molecule has 2 heterocycles. The van der Waals surface area contributed by atoms with Gasteiger partial charge < -0.3 is 4.90 Å². The minimum Gasteiger partial charge on any atom is -0.328 e. The van der Waals surface area contributed by atoms with E-state index in [0.29, 0.717) is 17.2 Å². The number of benzene rings is 1. The number of aromatic nitrogens is 1. The Morgan fingerprint density at radius 3 is 2.88 bits per heavy atom. The van der Waals surface area contributed by atoms with Crippen LogP contribution in [0.1, 0.15) is 43.7 Å². The Bertz CT molecular complexity index is 664.